The molecule has 134 valence electrons. The molecular weight excluding hydrogens is 324 g/mol. The minimum Gasteiger partial charge on any atom is -0.490 e. The van der Waals surface area contributed by atoms with Crippen molar-refractivity contribution in [3.05, 3.63) is 52.0 Å². The van der Waals surface area contributed by atoms with Crippen LogP contribution in [-0.2, 0) is 11.2 Å². The third kappa shape index (κ3) is 4.30. The molecule has 1 aromatic carbocycles. The summed E-state index contributed by atoms with van der Waals surface area (Å²) in [6, 6.07) is 8.96. The zero-order valence-electron chi connectivity index (χ0n) is 14.2. The molecule has 1 unspecified atom stereocenters. The minimum absolute atomic E-state index is 0.0735. The van der Waals surface area contributed by atoms with Crippen molar-refractivity contribution in [3.63, 3.8) is 0 Å². The van der Waals surface area contributed by atoms with E-state index in [0.29, 0.717) is 25.1 Å². The number of hydrogen-bond donors (Lipinski definition) is 2. The summed E-state index contributed by atoms with van der Waals surface area (Å²) in [6.45, 7) is 2.83. The standard InChI is InChI=1S/C18H22N2O5/c1-13-4-2-3-5-15(13)24-12-18(23)8-9-20(11-18)17(22)7-6-14-10-16(21)19-25-14/h2-5,10,23H,6-9,11-12H2,1H3,(H,19,21). The fourth-order valence-electron chi connectivity index (χ4n) is 2.95. The Bertz CT molecular complexity index is 797. The molecule has 3 rings (SSSR count). The van der Waals surface area contributed by atoms with Crippen molar-refractivity contribution in [2.24, 2.45) is 0 Å². The van der Waals surface area contributed by atoms with E-state index in [-0.39, 0.29) is 31.0 Å². The normalized spacial score (nSPS) is 20.0. The number of nitrogens with one attached hydrogen (secondary N) is 1. The molecule has 0 radical (unpaired) electrons. The van der Waals surface area contributed by atoms with Gasteiger partial charge in [0, 0.05) is 25.5 Å². The van der Waals surface area contributed by atoms with Gasteiger partial charge in [0.2, 0.25) is 5.91 Å². The Balaban J connectivity index is 1.50. The van der Waals surface area contributed by atoms with Gasteiger partial charge in [-0.2, -0.15) is 5.16 Å². The average Bonchev–Trinajstić information content (AvgIpc) is 3.18. The molecule has 1 saturated heterocycles. The number of aryl methyl sites for hydroxylation is 2. The van der Waals surface area contributed by atoms with E-state index in [1.807, 2.05) is 31.2 Å². The largest absolute Gasteiger partial charge is 0.490 e. The number of β-amino-alcohol motifs (C(OH)–C–C–N with tert-alkyl or cyclic N) is 1. The predicted octanol–water partition coefficient (Wildman–Crippen LogP) is 1.25. The Hall–Kier alpha value is -2.54. The highest BCUT2D eigenvalue weighted by Gasteiger charge is 2.38. The van der Waals surface area contributed by atoms with E-state index in [0.717, 1.165) is 11.3 Å². The van der Waals surface area contributed by atoms with Crippen LogP contribution in [0.1, 0.15) is 24.2 Å². The highest BCUT2D eigenvalue weighted by Crippen LogP contribution is 2.25. The van der Waals surface area contributed by atoms with Crippen LogP contribution in [0.5, 0.6) is 5.75 Å². The van der Waals surface area contributed by atoms with Crippen molar-refractivity contribution in [1.82, 2.24) is 10.1 Å². The lowest BCUT2D eigenvalue weighted by Crippen LogP contribution is -2.40. The average molecular weight is 346 g/mol. The predicted molar refractivity (Wildman–Crippen MR) is 90.5 cm³/mol. The fourth-order valence-corrected chi connectivity index (χ4v) is 2.95. The van der Waals surface area contributed by atoms with Crippen LogP contribution in [0.15, 0.2) is 39.6 Å². The third-order valence-electron chi connectivity index (χ3n) is 4.43. The molecule has 2 aromatic rings. The zero-order chi connectivity index (χ0) is 17.9. The highest BCUT2D eigenvalue weighted by molar-refractivity contribution is 5.76. The number of para-hydroxylation sites is 1. The Morgan fingerprint density at radius 1 is 1.44 bits per heavy atom. The Morgan fingerprint density at radius 3 is 2.96 bits per heavy atom. The van der Waals surface area contributed by atoms with E-state index in [1.54, 1.807) is 4.90 Å². The van der Waals surface area contributed by atoms with Crippen molar-refractivity contribution in [1.29, 1.82) is 0 Å². The number of aromatic nitrogens is 1. The number of hydrogen-bond acceptors (Lipinski definition) is 5. The molecular formula is C18H22N2O5. The number of carbonyl (C=O) groups excluding carboxylic acids is 1. The number of carbonyl (C=O) groups is 1. The maximum Gasteiger partial charge on any atom is 0.280 e. The molecule has 1 amide bonds. The summed E-state index contributed by atoms with van der Waals surface area (Å²) in [6.07, 6.45) is 1.06. The Kier molecular flexibility index (Phi) is 4.94. The second kappa shape index (κ2) is 7.14. The number of nitrogens with zero attached hydrogens (tertiary/aromatic N) is 1. The van der Waals surface area contributed by atoms with Crippen LogP contribution in [0.2, 0.25) is 0 Å². The Labute approximate surface area is 145 Å². The van der Waals surface area contributed by atoms with Crippen molar-refractivity contribution in [2.75, 3.05) is 19.7 Å². The summed E-state index contributed by atoms with van der Waals surface area (Å²) in [4.78, 5) is 24.9. The number of benzene rings is 1. The maximum atomic E-state index is 12.3. The molecule has 0 spiro atoms. The zero-order valence-corrected chi connectivity index (χ0v) is 14.2. The molecule has 1 aromatic heterocycles. The molecule has 2 N–H and O–H groups in total. The van der Waals surface area contributed by atoms with Gasteiger partial charge in [0.15, 0.2) is 0 Å². The first-order valence-corrected chi connectivity index (χ1v) is 8.31. The van der Waals surface area contributed by atoms with E-state index in [2.05, 4.69) is 5.16 Å². The molecule has 1 aliphatic rings. The first-order valence-electron chi connectivity index (χ1n) is 8.31. The summed E-state index contributed by atoms with van der Waals surface area (Å²) in [5.74, 6) is 1.12. The van der Waals surface area contributed by atoms with E-state index in [1.165, 1.54) is 6.07 Å². The molecule has 25 heavy (non-hydrogen) atoms. The third-order valence-corrected chi connectivity index (χ3v) is 4.43. The summed E-state index contributed by atoms with van der Waals surface area (Å²) in [7, 11) is 0. The van der Waals surface area contributed by atoms with Crippen LogP contribution in [-0.4, -0.2) is 46.4 Å². The molecule has 7 heteroatoms. The molecule has 1 aliphatic heterocycles. The summed E-state index contributed by atoms with van der Waals surface area (Å²) < 4.78 is 10.7. The number of aliphatic hydroxyl groups is 1. The van der Waals surface area contributed by atoms with E-state index < -0.39 is 5.60 Å². The maximum absolute atomic E-state index is 12.3. The summed E-state index contributed by atoms with van der Waals surface area (Å²) >= 11 is 0. The van der Waals surface area contributed by atoms with Crippen molar-refractivity contribution < 1.29 is 19.2 Å². The van der Waals surface area contributed by atoms with Crippen LogP contribution < -0.4 is 10.3 Å². The lowest BCUT2D eigenvalue weighted by atomic mass is 10.1. The number of rotatable bonds is 6. The lowest BCUT2D eigenvalue weighted by Gasteiger charge is -2.24. The van der Waals surface area contributed by atoms with Gasteiger partial charge in [0.25, 0.3) is 5.56 Å². The first-order chi connectivity index (χ1) is 12.0. The van der Waals surface area contributed by atoms with Gasteiger partial charge in [0.05, 0.1) is 6.54 Å². The molecule has 2 heterocycles. The molecule has 0 aliphatic carbocycles. The van der Waals surface area contributed by atoms with E-state index in [9.17, 15) is 14.7 Å². The molecule has 1 fully saturated rings. The second-order valence-electron chi connectivity index (χ2n) is 6.52. The summed E-state index contributed by atoms with van der Waals surface area (Å²) in [5.41, 5.74) is -0.352. The smallest absolute Gasteiger partial charge is 0.280 e. The van der Waals surface area contributed by atoms with Gasteiger partial charge in [-0.15, -0.1) is 0 Å². The van der Waals surface area contributed by atoms with Gasteiger partial charge in [-0.3, -0.25) is 9.59 Å². The van der Waals surface area contributed by atoms with Crippen LogP contribution >= 0.6 is 0 Å². The second-order valence-corrected chi connectivity index (χ2v) is 6.52. The molecule has 1 atom stereocenters. The van der Waals surface area contributed by atoms with Crippen molar-refractivity contribution in [3.8, 4) is 5.75 Å². The number of amides is 1. The fraction of sp³-hybridized carbons (Fsp3) is 0.444. The van der Waals surface area contributed by atoms with Crippen LogP contribution in [0.25, 0.3) is 0 Å². The van der Waals surface area contributed by atoms with Gasteiger partial charge in [-0.05, 0) is 25.0 Å². The molecule has 0 saturated carbocycles. The van der Waals surface area contributed by atoms with Gasteiger partial charge in [0.1, 0.15) is 23.7 Å². The first kappa shape index (κ1) is 17.3. The van der Waals surface area contributed by atoms with Crippen LogP contribution in [0.3, 0.4) is 0 Å². The van der Waals surface area contributed by atoms with Gasteiger partial charge in [-0.1, -0.05) is 18.2 Å². The van der Waals surface area contributed by atoms with E-state index in [4.69, 9.17) is 9.26 Å². The summed E-state index contributed by atoms with van der Waals surface area (Å²) in [5, 5.41) is 12.9. The monoisotopic (exact) mass is 346 g/mol. The highest BCUT2D eigenvalue weighted by atomic mass is 16.5. The topological polar surface area (TPSA) is 95.8 Å². The number of H-pyrrole nitrogens is 1. The van der Waals surface area contributed by atoms with Crippen molar-refractivity contribution >= 4 is 5.91 Å². The lowest BCUT2D eigenvalue weighted by molar-refractivity contribution is -0.131. The number of ether oxygens (including phenoxy) is 1. The Morgan fingerprint density at radius 2 is 2.24 bits per heavy atom. The van der Waals surface area contributed by atoms with Crippen LogP contribution in [0.4, 0.5) is 0 Å². The van der Waals surface area contributed by atoms with E-state index >= 15 is 0 Å². The SMILES string of the molecule is Cc1ccccc1OCC1(O)CCN(C(=O)CCc2cc(=O)[nH]o2)C1. The van der Waals surface area contributed by atoms with Crippen molar-refractivity contribution in [2.45, 2.75) is 31.8 Å². The molecule has 7 nitrogen and oxygen atoms in total. The van der Waals surface area contributed by atoms with Gasteiger partial charge < -0.3 is 19.3 Å². The quantitative estimate of drug-likeness (QED) is 0.821. The minimum atomic E-state index is -1.04. The van der Waals surface area contributed by atoms with Gasteiger partial charge >= 0.3 is 0 Å². The number of aromatic amines is 1. The number of likely N-dealkylation sites (tertiary alicyclic amines) is 1. The van der Waals surface area contributed by atoms with Gasteiger partial charge in [-0.25, -0.2) is 0 Å². The molecule has 0 bridgehead atoms. The van der Waals surface area contributed by atoms with Crippen LogP contribution in [0, 0.1) is 6.92 Å².